The number of aliphatic carboxylic acids is 3. The third kappa shape index (κ3) is 29.5. The first-order valence-corrected chi connectivity index (χ1v) is 31.7. The number of carboxylic acids is 3. The summed E-state index contributed by atoms with van der Waals surface area (Å²) in [5.41, 5.74) is 22.4. The standard InChI is InChI=1S/C58H89N15O21S/c1-6-29(4)47(57(93)63-26-43(77)64-35(21-28(2)3)51(87)65-32(48(62)84)18-20-95-5)72-54(90)36(22-30-11-8-7-9-12-30)68-50(86)33(14-16-41(60)75)66-53(89)38(25-46(82)83)69-55(91)39(27-74)71-52(88)37(24-42(61)76)70-56(92)40-13-10-19-73(40)58(94)34(15-17-44(78)79)67-49(85)31(59)23-45(80)81/h7-9,11-12,28-29,31-40,47,74H,6,10,13-27,59H2,1-5H3,(H2,60,75)(H2,61,76)(H2,62,84)(H,63,93)(H,64,77)(H,65,87)(H,66,89)(H,67,85)(H,68,86)(H,69,91)(H,70,92)(H,71,88)(H,72,90)(H,78,79)(H,80,81)(H,82,83). The summed E-state index contributed by atoms with van der Waals surface area (Å²) in [6.07, 6.45) is -3.32. The molecule has 1 heterocycles. The minimum absolute atomic E-state index is 0.0957. The number of hydrogen-bond acceptors (Lipinski definition) is 20. The first kappa shape index (κ1) is 81.6. The maximum Gasteiger partial charge on any atom is 0.305 e. The number of amides is 14. The van der Waals surface area contributed by atoms with E-state index >= 15 is 0 Å². The van der Waals surface area contributed by atoms with Crippen molar-refractivity contribution in [2.75, 3.05) is 31.7 Å². The van der Waals surface area contributed by atoms with Gasteiger partial charge in [-0.05, 0) is 67.9 Å². The van der Waals surface area contributed by atoms with Gasteiger partial charge in [0.25, 0.3) is 0 Å². The summed E-state index contributed by atoms with van der Waals surface area (Å²) in [4.78, 5) is 223. The van der Waals surface area contributed by atoms with Gasteiger partial charge in [-0.2, -0.15) is 11.8 Å². The second kappa shape index (κ2) is 41.2. The van der Waals surface area contributed by atoms with Crippen molar-refractivity contribution in [3.63, 3.8) is 0 Å². The van der Waals surface area contributed by atoms with Gasteiger partial charge in [-0.3, -0.25) is 81.5 Å². The second-order valence-corrected chi connectivity index (χ2v) is 23.9. The summed E-state index contributed by atoms with van der Waals surface area (Å²) < 4.78 is 0. The smallest absolute Gasteiger partial charge is 0.305 e. The van der Waals surface area contributed by atoms with Crippen LogP contribution >= 0.6 is 11.8 Å². The molecule has 1 aromatic carbocycles. The minimum atomic E-state index is -2.17. The SMILES string of the molecule is CCC(C)C(NC(=O)C(Cc1ccccc1)NC(=O)C(CCC(N)=O)NC(=O)C(CC(=O)O)NC(=O)C(CO)NC(=O)C(CC(N)=O)NC(=O)C1CCCN1C(=O)C(CCC(=O)O)NC(=O)C(N)CC(=O)O)C(=O)NCC(=O)NC(CC(C)C)C(=O)NC(CCSC)C(N)=O. The molecule has 0 aliphatic carbocycles. The highest BCUT2D eigenvalue weighted by molar-refractivity contribution is 7.98. The van der Waals surface area contributed by atoms with Gasteiger partial charge in [-0.25, -0.2) is 0 Å². The molecule has 95 heavy (non-hydrogen) atoms. The predicted octanol–water partition coefficient (Wildman–Crippen LogP) is -6.70. The summed E-state index contributed by atoms with van der Waals surface area (Å²) in [5, 5.41) is 62.0. The van der Waals surface area contributed by atoms with Crippen molar-refractivity contribution in [1.82, 2.24) is 58.1 Å². The van der Waals surface area contributed by atoms with E-state index in [1.807, 2.05) is 10.6 Å². The lowest BCUT2D eigenvalue weighted by Gasteiger charge is -2.30. The maximum absolute atomic E-state index is 14.4. The first-order chi connectivity index (χ1) is 44.6. The van der Waals surface area contributed by atoms with Gasteiger partial charge < -0.3 is 101 Å². The number of nitrogens with two attached hydrogens (primary N) is 4. The van der Waals surface area contributed by atoms with Crippen LogP contribution in [-0.4, -0.2) is 224 Å². The van der Waals surface area contributed by atoms with Crippen molar-refractivity contribution in [2.45, 2.75) is 178 Å². The molecule has 0 saturated carbocycles. The van der Waals surface area contributed by atoms with Crippen LogP contribution in [0.5, 0.6) is 0 Å². The maximum atomic E-state index is 14.4. The van der Waals surface area contributed by atoms with Crippen molar-refractivity contribution in [2.24, 2.45) is 34.8 Å². The number of aliphatic hydroxyl groups excluding tert-OH is 1. The van der Waals surface area contributed by atoms with E-state index < -0.39 is 231 Å². The van der Waals surface area contributed by atoms with E-state index in [4.69, 9.17) is 28.0 Å². The van der Waals surface area contributed by atoms with Crippen LogP contribution in [0, 0.1) is 11.8 Å². The molecule has 12 atom stereocenters. The summed E-state index contributed by atoms with van der Waals surface area (Å²) in [6.45, 7) is 4.74. The highest BCUT2D eigenvalue weighted by Crippen LogP contribution is 2.21. The molecule has 36 nitrogen and oxygen atoms in total. The van der Waals surface area contributed by atoms with Crippen molar-refractivity contribution in [3.8, 4) is 0 Å². The van der Waals surface area contributed by atoms with Crippen LogP contribution in [-0.2, 0) is 87.9 Å². The molecular weight excluding hydrogens is 1270 g/mol. The van der Waals surface area contributed by atoms with E-state index in [9.17, 15) is 96.8 Å². The zero-order valence-corrected chi connectivity index (χ0v) is 54.1. The molecule has 0 bridgehead atoms. The monoisotopic (exact) mass is 1360 g/mol. The number of nitrogens with one attached hydrogen (secondary N) is 10. The highest BCUT2D eigenvalue weighted by atomic mass is 32.2. The summed E-state index contributed by atoms with van der Waals surface area (Å²) in [6, 6.07) is -9.94. The summed E-state index contributed by atoms with van der Waals surface area (Å²) >= 11 is 1.43. The minimum Gasteiger partial charge on any atom is -0.481 e. The van der Waals surface area contributed by atoms with Crippen LogP contribution in [0.3, 0.4) is 0 Å². The van der Waals surface area contributed by atoms with Crippen molar-refractivity contribution in [1.29, 1.82) is 0 Å². The number of thioether (sulfide) groups is 1. The summed E-state index contributed by atoms with van der Waals surface area (Å²) in [5.74, 6) is -19.9. The van der Waals surface area contributed by atoms with Crippen molar-refractivity contribution in [3.05, 3.63) is 35.9 Å². The molecule has 1 saturated heterocycles. The average molecular weight is 1360 g/mol. The van der Waals surface area contributed by atoms with E-state index in [-0.39, 0.29) is 51.0 Å². The Bertz CT molecular complexity index is 2920. The van der Waals surface area contributed by atoms with Gasteiger partial charge in [0, 0.05) is 25.8 Å². The Morgan fingerprint density at radius 1 is 0.568 bits per heavy atom. The number of aliphatic hydroxyl groups is 1. The van der Waals surface area contributed by atoms with E-state index in [0.29, 0.717) is 11.3 Å². The number of rotatable bonds is 44. The number of carbonyl (C=O) groups excluding carboxylic acids is 14. The molecular formula is C58H89N15O21S. The number of benzene rings is 1. The Morgan fingerprint density at radius 3 is 1.64 bits per heavy atom. The van der Waals surface area contributed by atoms with Gasteiger partial charge in [0.05, 0.1) is 38.5 Å². The molecule has 1 aliphatic rings. The Labute approximate surface area is 550 Å². The zero-order chi connectivity index (χ0) is 71.8. The third-order valence-corrected chi connectivity index (χ3v) is 15.4. The lowest BCUT2D eigenvalue weighted by molar-refractivity contribution is -0.144. The average Bonchev–Trinajstić information content (AvgIpc) is 1.77. The molecule has 1 aromatic rings. The van der Waals surface area contributed by atoms with E-state index in [0.717, 1.165) is 4.90 Å². The van der Waals surface area contributed by atoms with Crippen molar-refractivity contribution >= 4 is 112 Å². The quantitative estimate of drug-likeness (QED) is 0.0289. The lowest BCUT2D eigenvalue weighted by Crippen LogP contribution is -2.61. The van der Waals surface area contributed by atoms with E-state index in [2.05, 4.69) is 42.5 Å². The lowest BCUT2D eigenvalue weighted by atomic mass is 9.97. The molecule has 22 N–H and O–H groups in total. The Morgan fingerprint density at radius 2 is 1.09 bits per heavy atom. The number of hydrogen-bond donors (Lipinski definition) is 18. The fourth-order valence-corrected chi connectivity index (χ4v) is 9.99. The number of nitrogens with zero attached hydrogens (tertiary/aromatic N) is 1. The van der Waals surface area contributed by atoms with E-state index in [1.54, 1.807) is 64.3 Å². The van der Waals surface area contributed by atoms with Gasteiger partial charge in [0.15, 0.2) is 0 Å². The Hall–Kier alpha value is -9.52. The number of carbonyl (C=O) groups is 17. The Kier molecular flexibility index (Phi) is 35.4. The third-order valence-electron chi connectivity index (χ3n) is 14.8. The van der Waals surface area contributed by atoms with Crippen molar-refractivity contribution < 1.29 is 102 Å². The fraction of sp³-hybridized carbons (Fsp3) is 0.603. The van der Waals surface area contributed by atoms with Gasteiger partial charge in [0.2, 0.25) is 82.7 Å². The number of likely N-dealkylation sites (tertiary alicyclic amines) is 1. The molecule has 0 radical (unpaired) electrons. The predicted molar refractivity (Wildman–Crippen MR) is 335 cm³/mol. The van der Waals surface area contributed by atoms with Gasteiger partial charge >= 0.3 is 17.9 Å². The van der Waals surface area contributed by atoms with Crippen LogP contribution in [0.1, 0.15) is 110 Å². The van der Waals surface area contributed by atoms with E-state index in [1.165, 1.54) is 11.8 Å². The molecule has 14 amide bonds. The van der Waals surface area contributed by atoms with Crippen LogP contribution in [0.2, 0.25) is 0 Å². The molecule has 1 aliphatic heterocycles. The molecule has 12 unspecified atom stereocenters. The largest absolute Gasteiger partial charge is 0.481 e. The van der Waals surface area contributed by atoms with Gasteiger partial charge in [-0.1, -0.05) is 64.4 Å². The number of primary amides is 3. The molecule has 0 spiro atoms. The van der Waals surface area contributed by atoms with Crippen LogP contribution in [0.25, 0.3) is 0 Å². The van der Waals surface area contributed by atoms with Gasteiger partial charge in [0.1, 0.15) is 60.4 Å². The molecule has 0 aromatic heterocycles. The Balaban J connectivity index is 2.41. The normalized spacial score (nSPS) is 16.1. The highest BCUT2D eigenvalue weighted by Gasteiger charge is 2.41. The zero-order valence-electron chi connectivity index (χ0n) is 53.3. The fourth-order valence-electron chi connectivity index (χ4n) is 9.52. The molecule has 2 rings (SSSR count). The summed E-state index contributed by atoms with van der Waals surface area (Å²) in [7, 11) is 0. The van der Waals surface area contributed by atoms with Crippen LogP contribution in [0.15, 0.2) is 30.3 Å². The number of carboxylic acid groups (broad SMARTS) is 3. The van der Waals surface area contributed by atoms with Crippen LogP contribution in [0.4, 0.5) is 0 Å². The molecule has 37 heteroatoms. The molecule has 1 fully saturated rings. The van der Waals surface area contributed by atoms with Crippen LogP contribution < -0.4 is 76.1 Å². The first-order valence-electron chi connectivity index (χ1n) is 30.3. The topological polar surface area (TPSA) is 599 Å². The second-order valence-electron chi connectivity index (χ2n) is 22.9. The van der Waals surface area contributed by atoms with Gasteiger partial charge in [-0.15, -0.1) is 0 Å². The molecule has 528 valence electrons.